The van der Waals surface area contributed by atoms with Crippen molar-refractivity contribution < 1.29 is 14.2 Å². The van der Waals surface area contributed by atoms with Crippen LogP contribution in [0.2, 0.25) is 0 Å². The van der Waals surface area contributed by atoms with Crippen molar-refractivity contribution >= 4 is 21.4 Å². The molecular weight excluding hydrogens is 335 g/mol. The first kappa shape index (κ1) is 16.7. The Hall–Kier alpha value is -1.75. The third kappa shape index (κ3) is 3.34. The van der Waals surface area contributed by atoms with Crippen molar-refractivity contribution in [3.05, 3.63) is 70.4 Å². The van der Waals surface area contributed by atoms with E-state index in [2.05, 4.69) is 25.1 Å². The molecule has 0 amide bonds. The zero-order chi connectivity index (χ0) is 17.4. The van der Waals surface area contributed by atoms with Gasteiger partial charge in [-0.25, -0.2) is 4.39 Å². The van der Waals surface area contributed by atoms with Crippen LogP contribution in [0, 0.1) is 11.7 Å². The van der Waals surface area contributed by atoms with E-state index in [9.17, 15) is 9.50 Å². The Balaban J connectivity index is 1.59. The van der Waals surface area contributed by atoms with Crippen LogP contribution in [-0.4, -0.2) is 17.8 Å². The Kier molecular flexibility index (Phi) is 4.59. The molecule has 130 valence electrons. The number of thiophene rings is 1. The first-order valence-corrected chi connectivity index (χ1v) is 9.48. The Morgan fingerprint density at radius 1 is 1.20 bits per heavy atom. The molecule has 3 unspecified atom stereocenters. The highest BCUT2D eigenvalue weighted by Gasteiger charge is 2.32. The second kappa shape index (κ2) is 6.87. The number of benzene rings is 2. The smallest absolute Gasteiger partial charge is 0.126 e. The minimum Gasteiger partial charge on any atom is -0.394 e. The standard InChI is InChI=1S/C21H21FO2S/c1-13-8-19(24-20(13)12-23)14-6-7-18(22)16(9-14)11-17-10-15-4-2-3-5-21(15)25-17/h2-7,9-10,13,19-20,23H,8,11-12H2,1H3. The molecule has 0 radical (unpaired) electrons. The molecule has 2 aromatic carbocycles. The minimum absolute atomic E-state index is 0.0352. The van der Waals surface area contributed by atoms with Crippen LogP contribution in [-0.2, 0) is 11.2 Å². The lowest BCUT2D eigenvalue weighted by Crippen LogP contribution is -2.17. The maximum atomic E-state index is 14.3. The number of halogens is 1. The predicted octanol–water partition coefficient (Wildman–Crippen LogP) is 5.09. The maximum Gasteiger partial charge on any atom is 0.126 e. The Morgan fingerprint density at radius 3 is 2.80 bits per heavy atom. The van der Waals surface area contributed by atoms with E-state index >= 15 is 0 Å². The maximum absolute atomic E-state index is 14.3. The molecule has 0 bridgehead atoms. The first-order valence-electron chi connectivity index (χ1n) is 8.66. The summed E-state index contributed by atoms with van der Waals surface area (Å²) in [6.45, 7) is 2.12. The molecule has 4 heteroatoms. The molecule has 25 heavy (non-hydrogen) atoms. The van der Waals surface area contributed by atoms with E-state index in [1.807, 2.05) is 18.2 Å². The summed E-state index contributed by atoms with van der Waals surface area (Å²) in [5.74, 6) is 0.136. The Bertz CT molecular complexity index is 855. The molecule has 1 fully saturated rings. The van der Waals surface area contributed by atoms with Gasteiger partial charge in [-0.2, -0.15) is 0 Å². The Morgan fingerprint density at radius 2 is 2.04 bits per heavy atom. The number of rotatable bonds is 4. The van der Waals surface area contributed by atoms with Crippen LogP contribution in [0.4, 0.5) is 4.39 Å². The molecule has 0 spiro atoms. The normalized spacial score (nSPS) is 23.4. The van der Waals surface area contributed by atoms with Gasteiger partial charge >= 0.3 is 0 Å². The second-order valence-corrected chi connectivity index (χ2v) is 8.01. The van der Waals surface area contributed by atoms with Crippen molar-refractivity contribution in [2.45, 2.75) is 32.0 Å². The summed E-state index contributed by atoms with van der Waals surface area (Å²) in [6, 6.07) is 15.7. The summed E-state index contributed by atoms with van der Waals surface area (Å²) >= 11 is 1.71. The van der Waals surface area contributed by atoms with E-state index in [1.54, 1.807) is 17.4 Å². The van der Waals surface area contributed by atoms with Gasteiger partial charge in [-0.15, -0.1) is 11.3 Å². The molecule has 1 aromatic heterocycles. The summed E-state index contributed by atoms with van der Waals surface area (Å²) in [4.78, 5) is 1.16. The average Bonchev–Trinajstić information content (AvgIpc) is 3.19. The summed E-state index contributed by atoms with van der Waals surface area (Å²) in [5.41, 5.74) is 1.70. The van der Waals surface area contributed by atoms with Crippen LogP contribution in [0.15, 0.2) is 48.5 Å². The zero-order valence-electron chi connectivity index (χ0n) is 14.1. The predicted molar refractivity (Wildman–Crippen MR) is 99.5 cm³/mol. The third-order valence-electron chi connectivity index (χ3n) is 5.02. The van der Waals surface area contributed by atoms with Gasteiger partial charge in [-0.1, -0.05) is 31.2 Å². The van der Waals surface area contributed by atoms with Gasteiger partial charge in [0.1, 0.15) is 5.82 Å². The summed E-state index contributed by atoms with van der Waals surface area (Å²) in [7, 11) is 0. The summed E-state index contributed by atoms with van der Waals surface area (Å²) < 4.78 is 21.5. The van der Waals surface area contributed by atoms with Gasteiger partial charge in [0.25, 0.3) is 0 Å². The quantitative estimate of drug-likeness (QED) is 0.705. The molecule has 1 saturated heterocycles. The van der Waals surface area contributed by atoms with Crippen LogP contribution in [0.1, 0.15) is 35.5 Å². The summed E-state index contributed by atoms with van der Waals surface area (Å²) in [5, 5.41) is 10.6. The van der Waals surface area contributed by atoms with Crippen molar-refractivity contribution in [1.82, 2.24) is 0 Å². The topological polar surface area (TPSA) is 29.5 Å². The van der Waals surface area contributed by atoms with Gasteiger partial charge in [0.05, 0.1) is 18.8 Å². The van der Waals surface area contributed by atoms with Crippen molar-refractivity contribution in [2.24, 2.45) is 5.92 Å². The van der Waals surface area contributed by atoms with E-state index in [4.69, 9.17) is 4.74 Å². The monoisotopic (exact) mass is 356 g/mol. The average molecular weight is 356 g/mol. The molecule has 4 rings (SSSR count). The number of hydrogen-bond acceptors (Lipinski definition) is 3. The fourth-order valence-corrected chi connectivity index (χ4v) is 4.66. The van der Waals surface area contributed by atoms with Gasteiger partial charge in [-0.05, 0) is 53.1 Å². The molecule has 3 atom stereocenters. The van der Waals surface area contributed by atoms with Gasteiger partial charge in [-0.3, -0.25) is 0 Å². The van der Waals surface area contributed by atoms with E-state index in [0.29, 0.717) is 17.9 Å². The van der Waals surface area contributed by atoms with Crippen LogP contribution in [0.3, 0.4) is 0 Å². The molecule has 3 aromatic rings. The highest BCUT2D eigenvalue weighted by Crippen LogP contribution is 2.37. The fraction of sp³-hybridized carbons (Fsp3) is 0.333. The lowest BCUT2D eigenvalue weighted by atomic mass is 9.97. The molecule has 1 aliphatic rings. The number of hydrogen-bond donors (Lipinski definition) is 1. The third-order valence-corrected chi connectivity index (χ3v) is 6.14. The fourth-order valence-electron chi connectivity index (χ4n) is 3.57. The van der Waals surface area contributed by atoms with Crippen molar-refractivity contribution in [2.75, 3.05) is 6.61 Å². The highest BCUT2D eigenvalue weighted by molar-refractivity contribution is 7.19. The van der Waals surface area contributed by atoms with Crippen LogP contribution in [0.5, 0.6) is 0 Å². The highest BCUT2D eigenvalue weighted by atomic mass is 32.1. The van der Waals surface area contributed by atoms with Crippen LogP contribution < -0.4 is 0 Å². The number of fused-ring (bicyclic) bond motifs is 1. The molecule has 0 aliphatic carbocycles. The number of aliphatic hydroxyl groups excluding tert-OH is 1. The van der Waals surface area contributed by atoms with Gasteiger partial charge in [0.2, 0.25) is 0 Å². The van der Waals surface area contributed by atoms with E-state index in [1.165, 1.54) is 16.2 Å². The summed E-state index contributed by atoms with van der Waals surface area (Å²) in [6.07, 6.45) is 1.26. The van der Waals surface area contributed by atoms with Crippen molar-refractivity contribution in [3.8, 4) is 0 Å². The van der Waals surface area contributed by atoms with Gasteiger partial charge < -0.3 is 9.84 Å². The van der Waals surface area contributed by atoms with Crippen LogP contribution >= 0.6 is 11.3 Å². The second-order valence-electron chi connectivity index (χ2n) is 6.84. The molecule has 1 N–H and O–H groups in total. The molecule has 2 heterocycles. The molecule has 1 aliphatic heterocycles. The lowest BCUT2D eigenvalue weighted by Gasteiger charge is -2.14. The van der Waals surface area contributed by atoms with E-state index < -0.39 is 0 Å². The van der Waals surface area contributed by atoms with Crippen molar-refractivity contribution in [3.63, 3.8) is 0 Å². The van der Waals surface area contributed by atoms with Gasteiger partial charge in [0.15, 0.2) is 0 Å². The van der Waals surface area contributed by atoms with Gasteiger partial charge in [0, 0.05) is 16.0 Å². The minimum atomic E-state index is -0.175. The first-order chi connectivity index (χ1) is 12.1. The Labute approximate surface area is 150 Å². The van der Waals surface area contributed by atoms with E-state index in [-0.39, 0.29) is 24.6 Å². The molecule has 0 saturated carbocycles. The van der Waals surface area contributed by atoms with E-state index in [0.717, 1.165) is 16.9 Å². The zero-order valence-corrected chi connectivity index (χ0v) is 14.9. The molecular formula is C21H21FO2S. The van der Waals surface area contributed by atoms with Crippen molar-refractivity contribution in [1.29, 1.82) is 0 Å². The number of ether oxygens (including phenoxy) is 1. The largest absolute Gasteiger partial charge is 0.394 e. The lowest BCUT2D eigenvalue weighted by molar-refractivity contribution is 0.000842. The number of aliphatic hydroxyl groups is 1. The SMILES string of the molecule is CC1CC(c2ccc(F)c(Cc3cc4ccccc4s3)c2)OC1CO. The van der Waals surface area contributed by atoms with Crippen LogP contribution in [0.25, 0.3) is 10.1 Å². The molecule has 2 nitrogen and oxygen atoms in total.